The van der Waals surface area contributed by atoms with Crippen molar-refractivity contribution >= 4 is 29.8 Å². The molecule has 3 amide bonds. The van der Waals surface area contributed by atoms with Crippen LogP contribution < -0.4 is 5.32 Å². The molecule has 1 atom stereocenters. The summed E-state index contributed by atoms with van der Waals surface area (Å²) in [7, 11) is 0. The van der Waals surface area contributed by atoms with E-state index in [1.165, 1.54) is 0 Å². The Kier molecular flexibility index (Phi) is 8.16. The van der Waals surface area contributed by atoms with Crippen molar-refractivity contribution in [1.29, 1.82) is 0 Å². The average molecular weight is 414 g/mol. The van der Waals surface area contributed by atoms with Gasteiger partial charge >= 0.3 is 18.0 Å². The largest absolute Gasteiger partial charge is 0.460 e. The minimum atomic E-state index is -1.14. The van der Waals surface area contributed by atoms with Gasteiger partial charge in [0, 0.05) is 19.3 Å². The van der Waals surface area contributed by atoms with Crippen molar-refractivity contribution < 1.29 is 38.3 Å². The van der Waals surface area contributed by atoms with Crippen LogP contribution in [0.25, 0.3) is 0 Å². The molecule has 1 N–H and O–H groups in total. The first-order valence-electron chi connectivity index (χ1n) is 9.47. The van der Waals surface area contributed by atoms with Crippen molar-refractivity contribution in [3.8, 4) is 0 Å². The first kappa shape index (κ1) is 24.4. The Hall–Kier alpha value is -2.65. The lowest BCUT2D eigenvalue weighted by atomic mass is 10.1. The van der Waals surface area contributed by atoms with E-state index in [0.717, 1.165) is 0 Å². The van der Waals surface area contributed by atoms with Crippen LogP contribution in [-0.4, -0.2) is 52.2 Å². The monoisotopic (exact) mass is 414 g/mol. The zero-order valence-corrected chi connectivity index (χ0v) is 17.8. The van der Waals surface area contributed by atoms with E-state index in [1.54, 1.807) is 41.5 Å². The van der Waals surface area contributed by atoms with E-state index in [9.17, 15) is 24.0 Å². The molecule has 0 saturated carbocycles. The van der Waals surface area contributed by atoms with Crippen LogP contribution in [0, 0.1) is 0 Å². The lowest BCUT2D eigenvalue weighted by molar-refractivity contribution is -0.172. The van der Waals surface area contributed by atoms with Gasteiger partial charge in [-0.2, -0.15) is 0 Å². The molecule has 10 heteroatoms. The SMILES string of the molecule is CC(C)(C)OC(=O)CCC[C@@H](NC(=O)ON1C(=O)CCC1=O)C(=O)OC(C)(C)C. The summed E-state index contributed by atoms with van der Waals surface area (Å²) in [4.78, 5) is 64.1. The van der Waals surface area contributed by atoms with Crippen LogP contribution in [0.4, 0.5) is 4.79 Å². The molecule has 0 bridgehead atoms. The highest BCUT2D eigenvalue weighted by Crippen LogP contribution is 2.15. The summed E-state index contributed by atoms with van der Waals surface area (Å²) in [5.74, 6) is -2.43. The van der Waals surface area contributed by atoms with Crippen molar-refractivity contribution in [3.63, 3.8) is 0 Å². The topological polar surface area (TPSA) is 128 Å². The minimum Gasteiger partial charge on any atom is -0.460 e. The summed E-state index contributed by atoms with van der Waals surface area (Å²) in [6.07, 6.45) is -0.876. The van der Waals surface area contributed by atoms with Gasteiger partial charge in [-0.05, 0) is 54.4 Å². The number of carbonyl (C=O) groups excluding carboxylic acids is 5. The van der Waals surface area contributed by atoms with E-state index in [-0.39, 0.29) is 32.1 Å². The molecule has 1 fully saturated rings. The van der Waals surface area contributed by atoms with Gasteiger partial charge in [-0.25, -0.2) is 9.59 Å². The van der Waals surface area contributed by atoms with Gasteiger partial charge in [-0.3, -0.25) is 14.4 Å². The van der Waals surface area contributed by atoms with Gasteiger partial charge in [0.2, 0.25) is 0 Å². The molecule has 29 heavy (non-hydrogen) atoms. The predicted octanol–water partition coefficient (Wildman–Crippen LogP) is 2.00. The lowest BCUT2D eigenvalue weighted by Gasteiger charge is -2.25. The van der Waals surface area contributed by atoms with Gasteiger partial charge in [-0.15, -0.1) is 5.06 Å². The van der Waals surface area contributed by atoms with Crippen molar-refractivity contribution in [2.75, 3.05) is 0 Å². The van der Waals surface area contributed by atoms with Crippen LogP contribution in [0.1, 0.15) is 73.6 Å². The fourth-order valence-corrected chi connectivity index (χ4v) is 2.37. The maximum Gasteiger partial charge on any atom is 0.432 e. The molecule has 0 spiro atoms. The first-order valence-corrected chi connectivity index (χ1v) is 9.47. The van der Waals surface area contributed by atoms with Gasteiger partial charge in [0.15, 0.2) is 0 Å². The van der Waals surface area contributed by atoms with Crippen molar-refractivity contribution in [1.82, 2.24) is 10.4 Å². The number of nitrogens with one attached hydrogen (secondary N) is 1. The highest BCUT2D eigenvalue weighted by atomic mass is 16.7. The second-order valence-electron chi connectivity index (χ2n) is 8.67. The number of nitrogens with zero attached hydrogens (tertiary/aromatic N) is 1. The molecule has 10 nitrogen and oxygen atoms in total. The average Bonchev–Trinajstić information content (AvgIpc) is 2.82. The molecule has 1 saturated heterocycles. The number of imide groups is 1. The van der Waals surface area contributed by atoms with Crippen molar-refractivity contribution in [3.05, 3.63) is 0 Å². The number of hydrogen-bond acceptors (Lipinski definition) is 8. The summed E-state index contributed by atoms with van der Waals surface area (Å²) in [5, 5.41) is 2.67. The Bertz CT molecular complexity index is 644. The summed E-state index contributed by atoms with van der Waals surface area (Å²) >= 11 is 0. The van der Waals surface area contributed by atoms with Crippen LogP contribution in [0.5, 0.6) is 0 Å². The van der Waals surface area contributed by atoms with Crippen LogP contribution in [0.2, 0.25) is 0 Å². The summed E-state index contributed by atoms with van der Waals surface area (Å²) in [5.41, 5.74) is -1.43. The first-order chi connectivity index (χ1) is 13.2. The molecule has 1 aliphatic rings. The molecule has 1 rings (SSSR count). The molecule has 0 aromatic heterocycles. The number of hydrogen-bond donors (Lipinski definition) is 1. The van der Waals surface area contributed by atoms with Gasteiger partial charge in [0.1, 0.15) is 17.2 Å². The fraction of sp³-hybridized carbons (Fsp3) is 0.737. The molecule has 0 unspecified atom stereocenters. The highest BCUT2D eigenvalue weighted by molar-refractivity contribution is 6.01. The Morgan fingerprint density at radius 3 is 1.97 bits per heavy atom. The molecule has 0 aromatic rings. The van der Waals surface area contributed by atoms with Gasteiger partial charge in [0.05, 0.1) is 0 Å². The molecule has 1 aliphatic heterocycles. The molecular formula is C19H30N2O8. The second-order valence-corrected chi connectivity index (χ2v) is 8.67. The third-order valence-electron chi connectivity index (χ3n) is 3.46. The maximum absolute atomic E-state index is 12.4. The van der Waals surface area contributed by atoms with Crippen LogP contribution in [0.15, 0.2) is 0 Å². The Labute approximate surface area is 170 Å². The van der Waals surface area contributed by atoms with E-state index >= 15 is 0 Å². The molecular weight excluding hydrogens is 384 g/mol. The third kappa shape index (κ3) is 9.40. The summed E-state index contributed by atoms with van der Waals surface area (Å²) in [6, 6.07) is -1.13. The number of carbonyl (C=O) groups is 5. The Balaban J connectivity index is 2.69. The second kappa shape index (κ2) is 9.71. The zero-order chi connectivity index (χ0) is 22.4. The maximum atomic E-state index is 12.4. The minimum absolute atomic E-state index is 0.0381. The van der Waals surface area contributed by atoms with E-state index < -0.39 is 47.1 Å². The smallest absolute Gasteiger partial charge is 0.432 e. The number of ether oxygens (including phenoxy) is 2. The van der Waals surface area contributed by atoms with Gasteiger partial charge < -0.3 is 19.6 Å². The van der Waals surface area contributed by atoms with E-state index in [2.05, 4.69) is 5.32 Å². The van der Waals surface area contributed by atoms with Crippen molar-refractivity contribution in [2.45, 2.75) is 90.9 Å². The van der Waals surface area contributed by atoms with Crippen molar-refractivity contribution in [2.24, 2.45) is 0 Å². The Morgan fingerprint density at radius 1 is 0.966 bits per heavy atom. The predicted molar refractivity (Wildman–Crippen MR) is 100 cm³/mol. The quantitative estimate of drug-likeness (QED) is 0.495. The van der Waals surface area contributed by atoms with E-state index in [1.807, 2.05) is 0 Å². The van der Waals surface area contributed by atoms with E-state index in [4.69, 9.17) is 14.3 Å². The Morgan fingerprint density at radius 2 is 1.48 bits per heavy atom. The van der Waals surface area contributed by atoms with Gasteiger partial charge in [-0.1, -0.05) is 0 Å². The van der Waals surface area contributed by atoms with Gasteiger partial charge in [0.25, 0.3) is 11.8 Å². The van der Waals surface area contributed by atoms with E-state index in [0.29, 0.717) is 5.06 Å². The summed E-state index contributed by atoms with van der Waals surface area (Å²) < 4.78 is 10.5. The molecule has 0 aromatic carbocycles. The number of esters is 2. The molecule has 164 valence electrons. The van der Waals surface area contributed by atoms with Crippen LogP contribution in [0.3, 0.4) is 0 Å². The zero-order valence-electron chi connectivity index (χ0n) is 17.8. The number of hydroxylamine groups is 2. The van der Waals surface area contributed by atoms with Crippen LogP contribution in [-0.2, 0) is 33.5 Å². The standard InChI is InChI=1S/C19H30N2O8/c1-18(2,3)27-15(24)9-7-8-12(16(25)28-19(4,5)6)20-17(26)29-21-13(22)10-11-14(21)23/h12H,7-11H2,1-6H3,(H,20,26)/t12-/m1/s1. The number of amides is 3. The number of rotatable bonds is 7. The third-order valence-corrected chi connectivity index (χ3v) is 3.46. The lowest BCUT2D eigenvalue weighted by Crippen LogP contribution is -2.46. The van der Waals surface area contributed by atoms with Crippen LogP contribution >= 0.6 is 0 Å². The normalized spacial score (nSPS) is 15.7. The summed E-state index contributed by atoms with van der Waals surface area (Å²) in [6.45, 7) is 10.2. The fourth-order valence-electron chi connectivity index (χ4n) is 2.37. The highest BCUT2D eigenvalue weighted by Gasteiger charge is 2.34. The molecule has 0 radical (unpaired) electrons. The molecule has 0 aliphatic carbocycles. The molecule has 1 heterocycles.